The Morgan fingerprint density at radius 2 is 1.79 bits per heavy atom. The number of hydrogen-bond acceptors (Lipinski definition) is 4. The van der Waals surface area contributed by atoms with Crippen molar-refractivity contribution in [2.45, 2.75) is 49.1 Å². The largest absolute Gasteiger partial charge is 0.335 e. The van der Waals surface area contributed by atoms with E-state index in [0.717, 1.165) is 35.1 Å². The van der Waals surface area contributed by atoms with Crippen LogP contribution in [-0.4, -0.2) is 48.6 Å². The number of nitrogens with zero attached hydrogens (tertiary/aromatic N) is 1. The summed E-state index contributed by atoms with van der Waals surface area (Å²) < 4.78 is 24.7. The second kappa shape index (κ2) is 7.79. The SMILES string of the molecule is O=C(CSc1ccc(Br)cc1)N(C1CCCC1)C1CCS(=O)(=O)C1. The maximum atomic E-state index is 12.9. The van der Waals surface area contributed by atoms with Crippen molar-refractivity contribution in [3.8, 4) is 0 Å². The molecule has 2 fully saturated rings. The minimum Gasteiger partial charge on any atom is -0.335 e. The molecule has 0 radical (unpaired) electrons. The lowest BCUT2D eigenvalue weighted by Crippen LogP contribution is -2.47. The number of benzene rings is 1. The van der Waals surface area contributed by atoms with Gasteiger partial charge in [-0.2, -0.15) is 0 Å². The summed E-state index contributed by atoms with van der Waals surface area (Å²) in [6.45, 7) is 0. The van der Waals surface area contributed by atoms with Crippen molar-refractivity contribution in [2.75, 3.05) is 17.3 Å². The standard InChI is InChI=1S/C17H22BrNO3S2/c18-13-5-7-16(8-6-13)23-11-17(20)19(14-3-1-2-4-14)15-9-10-24(21,22)12-15/h5-8,14-15H,1-4,9-12H2. The van der Waals surface area contributed by atoms with Crippen LogP contribution in [-0.2, 0) is 14.6 Å². The molecule has 7 heteroatoms. The number of carbonyl (C=O) groups is 1. The maximum Gasteiger partial charge on any atom is 0.233 e. The molecule has 3 rings (SSSR count). The second-order valence-electron chi connectivity index (χ2n) is 6.54. The minimum atomic E-state index is -2.98. The monoisotopic (exact) mass is 431 g/mol. The fourth-order valence-corrected chi connectivity index (χ4v) is 6.38. The first-order valence-electron chi connectivity index (χ1n) is 8.34. The molecule has 24 heavy (non-hydrogen) atoms. The van der Waals surface area contributed by atoms with Gasteiger partial charge in [0.15, 0.2) is 9.84 Å². The van der Waals surface area contributed by atoms with Gasteiger partial charge in [-0.25, -0.2) is 8.42 Å². The zero-order valence-corrected chi connectivity index (χ0v) is 16.7. The fraction of sp³-hybridized carbons (Fsp3) is 0.588. The molecule has 4 nitrogen and oxygen atoms in total. The average Bonchev–Trinajstić information content (AvgIpc) is 3.17. The van der Waals surface area contributed by atoms with Crippen LogP contribution in [0.5, 0.6) is 0 Å². The summed E-state index contributed by atoms with van der Waals surface area (Å²) in [6.07, 6.45) is 4.87. The van der Waals surface area contributed by atoms with Gasteiger partial charge in [-0.3, -0.25) is 4.79 Å². The lowest BCUT2D eigenvalue weighted by Gasteiger charge is -2.34. The first kappa shape index (κ1) is 18.3. The van der Waals surface area contributed by atoms with Gasteiger partial charge in [0.25, 0.3) is 0 Å². The Kier molecular flexibility index (Phi) is 5.93. The minimum absolute atomic E-state index is 0.0805. The number of thioether (sulfide) groups is 1. The van der Waals surface area contributed by atoms with Gasteiger partial charge in [-0.1, -0.05) is 28.8 Å². The third kappa shape index (κ3) is 4.55. The van der Waals surface area contributed by atoms with Crippen LogP contribution in [0.15, 0.2) is 33.6 Å². The summed E-state index contributed by atoms with van der Waals surface area (Å²) in [4.78, 5) is 15.8. The second-order valence-corrected chi connectivity index (χ2v) is 10.7. The molecule has 132 valence electrons. The quantitative estimate of drug-likeness (QED) is 0.669. The summed E-state index contributed by atoms with van der Waals surface area (Å²) in [7, 11) is -2.98. The van der Waals surface area contributed by atoms with E-state index in [1.807, 2.05) is 29.2 Å². The van der Waals surface area contributed by atoms with Crippen LogP contribution in [0.1, 0.15) is 32.1 Å². The average molecular weight is 432 g/mol. The number of rotatable bonds is 5. The highest BCUT2D eigenvalue weighted by Gasteiger charge is 2.38. The van der Waals surface area contributed by atoms with Crippen molar-refractivity contribution in [1.29, 1.82) is 0 Å². The van der Waals surface area contributed by atoms with E-state index >= 15 is 0 Å². The molecule has 1 saturated heterocycles. The van der Waals surface area contributed by atoms with Crippen molar-refractivity contribution in [3.05, 3.63) is 28.7 Å². The highest BCUT2D eigenvalue weighted by Crippen LogP contribution is 2.30. The van der Waals surface area contributed by atoms with E-state index in [9.17, 15) is 13.2 Å². The molecule has 1 aromatic rings. The summed E-state index contributed by atoms with van der Waals surface area (Å²) in [5, 5.41) is 0. The van der Waals surface area contributed by atoms with Crippen LogP contribution in [0.3, 0.4) is 0 Å². The van der Waals surface area contributed by atoms with Gasteiger partial charge in [0.05, 0.1) is 17.3 Å². The zero-order valence-electron chi connectivity index (χ0n) is 13.5. The maximum absolute atomic E-state index is 12.9. The Morgan fingerprint density at radius 3 is 2.38 bits per heavy atom. The Morgan fingerprint density at radius 1 is 1.12 bits per heavy atom. The molecule has 1 aliphatic carbocycles. The van der Waals surface area contributed by atoms with Gasteiger partial charge in [-0.05, 0) is 43.5 Å². The van der Waals surface area contributed by atoms with E-state index in [1.54, 1.807) is 0 Å². The van der Waals surface area contributed by atoms with Gasteiger partial charge in [0.1, 0.15) is 0 Å². The molecule has 1 atom stereocenters. The summed E-state index contributed by atoms with van der Waals surface area (Å²) >= 11 is 4.93. The van der Waals surface area contributed by atoms with Crippen molar-refractivity contribution in [2.24, 2.45) is 0 Å². The predicted molar refractivity (Wildman–Crippen MR) is 101 cm³/mol. The van der Waals surface area contributed by atoms with Crippen LogP contribution in [0.4, 0.5) is 0 Å². The number of sulfone groups is 1. The molecule has 0 aromatic heterocycles. The Labute approximate surface area is 156 Å². The van der Waals surface area contributed by atoms with Gasteiger partial charge in [0, 0.05) is 21.5 Å². The predicted octanol–water partition coefficient (Wildman–Crippen LogP) is 3.50. The Balaban J connectivity index is 1.67. The molecular weight excluding hydrogens is 410 g/mol. The third-order valence-electron chi connectivity index (χ3n) is 4.78. The van der Waals surface area contributed by atoms with Crippen LogP contribution in [0.25, 0.3) is 0 Å². The number of hydrogen-bond donors (Lipinski definition) is 0. The van der Waals surface area contributed by atoms with E-state index in [4.69, 9.17) is 0 Å². The van der Waals surface area contributed by atoms with Crippen molar-refractivity contribution in [1.82, 2.24) is 4.90 Å². The third-order valence-corrected chi connectivity index (χ3v) is 8.06. The molecule has 1 unspecified atom stereocenters. The number of carbonyl (C=O) groups excluding carboxylic acids is 1. The first-order valence-corrected chi connectivity index (χ1v) is 11.9. The van der Waals surface area contributed by atoms with Crippen LogP contribution in [0.2, 0.25) is 0 Å². The molecule has 2 aliphatic rings. The van der Waals surface area contributed by atoms with Crippen LogP contribution >= 0.6 is 27.7 Å². The summed E-state index contributed by atoms with van der Waals surface area (Å²) in [5.74, 6) is 0.804. The smallest absolute Gasteiger partial charge is 0.233 e. The van der Waals surface area contributed by atoms with Gasteiger partial charge >= 0.3 is 0 Å². The van der Waals surface area contributed by atoms with Gasteiger partial charge in [0.2, 0.25) is 5.91 Å². The Bertz CT molecular complexity index is 684. The topological polar surface area (TPSA) is 54.5 Å². The molecular formula is C17H22BrNO3S2. The van der Waals surface area contributed by atoms with Crippen molar-refractivity contribution in [3.63, 3.8) is 0 Å². The van der Waals surface area contributed by atoms with E-state index in [2.05, 4.69) is 15.9 Å². The molecule has 1 heterocycles. The fourth-order valence-electron chi connectivity index (χ4n) is 3.63. The number of amides is 1. The molecule has 0 spiro atoms. The van der Waals surface area contributed by atoms with Gasteiger partial charge in [-0.15, -0.1) is 11.8 Å². The lowest BCUT2D eigenvalue weighted by molar-refractivity contribution is -0.132. The van der Waals surface area contributed by atoms with Crippen molar-refractivity contribution < 1.29 is 13.2 Å². The summed E-state index contributed by atoms with van der Waals surface area (Å²) in [6, 6.07) is 8.00. The molecule has 1 aliphatic heterocycles. The number of halogens is 1. The van der Waals surface area contributed by atoms with Gasteiger partial charge < -0.3 is 4.90 Å². The van der Waals surface area contributed by atoms with E-state index < -0.39 is 9.84 Å². The lowest BCUT2D eigenvalue weighted by atomic mass is 10.1. The molecule has 1 amide bonds. The normalized spacial score (nSPS) is 23.5. The van der Waals surface area contributed by atoms with E-state index in [1.165, 1.54) is 11.8 Å². The van der Waals surface area contributed by atoms with Crippen molar-refractivity contribution >= 4 is 43.4 Å². The first-order chi connectivity index (χ1) is 11.4. The van der Waals surface area contributed by atoms with E-state index in [0.29, 0.717) is 12.2 Å². The molecule has 1 aromatic carbocycles. The van der Waals surface area contributed by atoms with Crippen LogP contribution < -0.4 is 0 Å². The molecule has 1 saturated carbocycles. The van der Waals surface area contributed by atoms with E-state index in [-0.39, 0.29) is 29.5 Å². The molecule has 0 N–H and O–H groups in total. The highest BCUT2D eigenvalue weighted by atomic mass is 79.9. The Hall–Kier alpha value is -0.530. The summed E-state index contributed by atoms with van der Waals surface area (Å²) in [5.41, 5.74) is 0. The molecule has 0 bridgehead atoms. The highest BCUT2D eigenvalue weighted by molar-refractivity contribution is 9.10. The van der Waals surface area contributed by atoms with Crippen LogP contribution in [0, 0.1) is 0 Å². The zero-order chi connectivity index (χ0) is 17.2.